The molecular weight excluding hydrogens is 328 g/mol. The van der Waals surface area contributed by atoms with Crippen LogP contribution in [0.25, 0.3) is 0 Å². The maximum atomic E-state index is 12.1. The van der Waals surface area contributed by atoms with E-state index in [0.717, 1.165) is 5.56 Å². The monoisotopic (exact) mass is 346 g/mol. The van der Waals surface area contributed by atoms with E-state index in [1.54, 1.807) is 42.5 Å². The number of benzene rings is 2. The molecule has 0 saturated heterocycles. The Hall–Kier alpha value is -2.53. The quantitative estimate of drug-likeness (QED) is 0.830. The minimum atomic E-state index is -0.167. The molecule has 0 unspecified atom stereocenters. The summed E-state index contributed by atoms with van der Waals surface area (Å²) in [5.41, 5.74) is 2.14. The molecule has 0 fully saturated rings. The predicted octanol–water partition coefficient (Wildman–Crippen LogP) is 4.01. The zero-order valence-corrected chi connectivity index (χ0v) is 14.3. The maximum absolute atomic E-state index is 12.1. The Bertz CT molecular complexity index is 747. The molecule has 0 aliphatic rings. The van der Waals surface area contributed by atoms with Gasteiger partial charge in [0.1, 0.15) is 5.75 Å². The van der Waals surface area contributed by atoms with Crippen molar-refractivity contribution in [3.05, 3.63) is 53.1 Å². The number of nitrogens with one attached hydrogen (secondary N) is 2. The lowest BCUT2D eigenvalue weighted by molar-refractivity contribution is -0.116. The molecule has 5 nitrogen and oxygen atoms in total. The Kier molecular flexibility index (Phi) is 6.21. The third-order valence-electron chi connectivity index (χ3n) is 3.31. The van der Waals surface area contributed by atoms with Crippen molar-refractivity contribution in [2.75, 3.05) is 17.2 Å². The van der Waals surface area contributed by atoms with E-state index in [1.807, 2.05) is 6.92 Å². The van der Waals surface area contributed by atoms with Crippen LogP contribution < -0.4 is 15.4 Å². The molecule has 2 amide bonds. The van der Waals surface area contributed by atoms with Crippen LogP contribution in [-0.4, -0.2) is 18.4 Å². The lowest BCUT2D eigenvalue weighted by Gasteiger charge is -2.13. The fourth-order valence-corrected chi connectivity index (χ4v) is 2.31. The number of carbonyl (C=O) groups excluding carboxylic acids is 2. The molecule has 0 bridgehead atoms. The first-order valence-electron chi connectivity index (χ1n) is 7.51. The molecule has 0 aliphatic heterocycles. The molecule has 0 saturated carbocycles. The van der Waals surface area contributed by atoms with E-state index in [2.05, 4.69) is 10.6 Å². The third-order valence-corrected chi connectivity index (χ3v) is 3.55. The maximum Gasteiger partial charge on any atom is 0.227 e. The summed E-state index contributed by atoms with van der Waals surface area (Å²) in [6, 6.07) is 12.4. The van der Waals surface area contributed by atoms with Gasteiger partial charge >= 0.3 is 0 Å². The zero-order chi connectivity index (χ0) is 17.5. The number of rotatable bonds is 6. The standard InChI is InChI=1S/C18H19ClN2O3/c1-12-16(20-13(2)22)7-4-8-17(12)21-18(23)9-10-24-15-6-3-5-14(19)11-15/h3-8,11H,9-10H2,1-2H3,(H,20,22)(H,21,23). The summed E-state index contributed by atoms with van der Waals surface area (Å²) in [5, 5.41) is 6.14. The van der Waals surface area contributed by atoms with Crippen molar-refractivity contribution < 1.29 is 14.3 Å². The Morgan fingerprint density at radius 1 is 1.08 bits per heavy atom. The lowest BCUT2D eigenvalue weighted by atomic mass is 10.1. The second kappa shape index (κ2) is 8.36. The minimum absolute atomic E-state index is 0.156. The second-order valence-corrected chi connectivity index (χ2v) is 5.70. The molecule has 6 heteroatoms. The first-order chi connectivity index (χ1) is 11.5. The van der Waals surface area contributed by atoms with Crippen molar-refractivity contribution >= 4 is 34.8 Å². The van der Waals surface area contributed by atoms with Crippen molar-refractivity contribution in [3.63, 3.8) is 0 Å². The number of carbonyl (C=O) groups is 2. The molecule has 2 N–H and O–H groups in total. The lowest BCUT2D eigenvalue weighted by Crippen LogP contribution is -2.16. The van der Waals surface area contributed by atoms with Crippen molar-refractivity contribution in [2.24, 2.45) is 0 Å². The molecule has 2 aromatic rings. The Morgan fingerprint density at radius 3 is 2.42 bits per heavy atom. The van der Waals surface area contributed by atoms with E-state index in [-0.39, 0.29) is 24.8 Å². The highest BCUT2D eigenvalue weighted by Gasteiger charge is 2.09. The number of hydrogen-bond donors (Lipinski definition) is 2. The predicted molar refractivity (Wildman–Crippen MR) is 95.7 cm³/mol. The van der Waals surface area contributed by atoms with Gasteiger partial charge in [-0.1, -0.05) is 23.7 Å². The summed E-state index contributed by atoms with van der Waals surface area (Å²) < 4.78 is 5.50. The van der Waals surface area contributed by atoms with E-state index < -0.39 is 0 Å². The topological polar surface area (TPSA) is 67.4 Å². The molecule has 0 aromatic heterocycles. The molecule has 0 aliphatic carbocycles. The van der Waals surface area contributed by atoms with Crippen LogP contribution in [0.2, 0.25) is 5.02 Å². The van der Waals surface area contributed by atoms with Crippen LogP contribution in [0, 0.1) is 6.92 Å². The SMILES string of the molecule is CC(=O)Nc1cccc(NC(=O)CCOc2cccc(Cl)c2)c1C. The molecule has 2 rings (SSSR count). The van der Waals surface area contributed by atoms with Gasteiger partial charge in [-0.3, -0.25) is 9.59 Å². The van der Waals surface area contributed by atoms with E-state index >= 15 is 0 Å². The number of hydrogen-bond acceptors (Lipinski definition) is 3. The number of halogens is 1. The normalized spacial score (nSPS) is 10.1. The number of ether oxygens (including phenoxy) is 1. The molecule has 0 atom stereocenters. The van der Waals surface area contributed by atoms with Crippen LogP contribution in [0.4, 0.5) is 11.4 Å². The van der Waals surface area contributed by atoms with Crippen LogP contribution in [0.3, 0.4) is 0 Å². The van der Waals surface area contributed by atoms with Crippen LogP contribution >= 0.6 is 11.6 Å². The summed E-state index contributed by atoms with van der Waals surface area (Å²) >= 11 is 5.87. The first-order valence-corrected chi connectivity index (χ1v) is 7.89. The molecule has 24 heavy (non-hydrogen) atoms. The highest BCUT2D eigenvalue weighted by molar-refractivity contribution is 6.30. The Balaban J connectivity index is 1.89. The largest absolute Gasteiger partial charge is 0.493 e. The van der Waals surface area contributed by atoms with Crippen LogP contribution in [-0.2, 0) is 9.59 Å². The van der Waals surface area contributed by atoms with Gasteiger partial charge < -0.3 is 15.4 Å². The van der Waals surface area contributed by atoms with Gasteiger partial charge in [-0.25, -0.2) is 0 Å². The van der Waals surface area contributed by atoms with Crippen LogP contribution in [0.5, 0.6) is 5.75 Å². The van der Waals surface area contributed by atoms with Crippen molar-refractivity contribution in [1.82, 2.24) is 0 Å². The first kappa shape index (κ1) is 17.8. The van der Waals surface area contributed by atoms with Gasteiger partial charge in [0.25, 0.3) is 0 Å². The smallest absolute Gasteiger partial charge is 0.227 e. The second-order valence-electron chi connectivity index (χ2n) is 5.26. The Morgan fingerprint density at radius 2 is 1.75 bits per heavy atom. The Labute approximate surface area is 146 Å². The highest BCUT2D eigenvalue weighted by Crippen LogP contribution is 2.23. The summed E-state index contributed by atoms with van der Waals surface area (Å²) in [4.78, 5) is 23.2. The van der Waals surface area contributed by atoms with Crippen LogP contribution in [0.15, 0.2) is 42.5 Å². The minimum Gasteiger partial charge on any atom is -0.493 e. The average molecular weight is 347 g/mol. The van der Waals surface area contributed by atoms with Gasteiger partial charge in [0, 0.05) is 23.3 Å². The summed E-state index contributed by atoms with van der Waals surface area (Å²) in [6.45, 7) is 3.53. The van der Waals surface area contributed by atoms with E-state index in [1.165, 1.54) is 6.92 Å². The summed E-state index contributed by atoms with van der Waals surface area (Å²) in [7, 11) is 0. The van der Waals surface area contributed by atoms with Gasteiger partial charge in [0.15, 0.2) is 0 Å². The fourth-order valence-electron chi connectivity index (χ4n) is 2.13. The van der Waals surface area contributed by atoms with Gasteiger partial charge in [0.2, 0.25) is 11.8 Å². The highest BCUT2D eigenvalue weighted by atomic mass is 35.5. The third kappa shape index (κ3) is 5.28. The molecule has 0 spiro atoms. The van der Waals surface area contributed by atoms with E-state index in [9.17, 15) is 9.59 Å². The molecule has 0 heterocycles. The fraction of sp³-hybridized carbons (Fsp3) is 0.222. The van der Waals surface area contributed by atoms with E-state index in [4.69, 9.17) is 16.3 Å². The summed E-state index contributed by atoms with van der Waals surface area (Å²) in [6.07, 6.45) is 0.205. The van der Waals surface area contributed by atoms with Crippen molar-refractivity contribution in [1.29, 1.82) is 0 Å². The van der Waals surface area contributed by atoms with Gasteiger partial charge in [0.05, 0.1) is 13.0 Å². The van der Waals surface area contributed by atoms with Gasteiger partial charge in [-0.2, -0.15) is 0 Å². The van der Waals surface area contributed by atoms with Crippen molar-refractivity contribution in [3.8, 4) is 5.75 Å². The molecule has 126 valence electrons. The van der Waals surface area contributed by atoms with Gasteiger partial charge in [-0.15, -0.1) is 0 Å². The summed E-state index contributed by atoms with van der Waals surface area (Å²) in [5.74, 6) is 0.302. The zero-order valence-electron chi connectivity index (χ0n) is 13.6. The molecule has 2 aromatic carbocycles. The van der Waals surface area contributed by atoms with Crippen molar-refractivity contribution in [2.45, 2.75) is 20.3 Å². The van der Waals surface area contributed by atoms with E-state index in [0.29, 0.717) is 22.1 Å². The van der Waals surface area contributed by atoms with Gasteiger partial charge in [-0.05, 0) is 42.8 Å². The number of amides is 2. The average Bonchev–Trinajstić information content (AvgIpc) is 2.51. The van der Waals surface area contributed by atoms with Crippen LogP contribution in [0.1, 0.15) is 18.9 Å². The molecular formula is C18H19ClN2O3. The number of anilines is 2. The molecule has 0 radical (unpaired) electrons.